The van der Waals surface area contributed by atoms with E-state index in [0.717, 1.165) is 12.8 Å². The van der Waals surface area contributed by atoms with Gasteiger partial charge in [-0.25, -0.2) is 0 Å². The summed E-state index contributed by atoms with van der Waals surface area (Å²) >= 11 is 5.80. The van der Waals surface area contributed by atoms with E-state index in [1.807, 2.05) is 0 Å². The van der Waals surface area contributed by atoms with Crippen molar-refractivity contribution in [3.05, 3.63) is 53.4 Å². The van der Waals surface area contributed by atoms with Crippen LogP contribution in [0.4, 0.5) is 5.69 Å². The molecule has 2 amide bonds. The van der Waals surface area contributed by atoms with Crippen LogP contribution in [0.2, 0.25) is 5.02 Å². The van der Waals surface area contributed by atoms with Crippen molar-refractivity contribution in [3.8, 4) is 0 Å². The molecule has 2 aromatic rings. The second-order valence-electron chi connectivity index (χ2n) is 6.02. The van der Waals surface area contributed by atoms with Gasteiger partial charge in [0.05, 0.1) is 6.26 Å². The van der Waals surface area contributed by atoms with Gasteiger partial charge in [-0.1, -0.05) is 11.6 Å². The van der Waals surface area contributed by atoms with Gasteiger partial charge >= 0.3 is 11.8 Å². The highest BCUT2D eigenvalue weighted by Gasteiger charge is 2.34. The number of rotatable bonds is 4. The van der Waals surface area contributed by atoms with Crippen molar-refractivity contribution in [3.63, 3.8) is 0 Å². The number of amides is 2. The van der Waals surface area contributed by atoms with Gasteiger partial charge in [0.15, 0.2) is 0 Å². The Balaban J connectivity index is 1.61. The fourth-order valence-electron chi connectivity index (χ4n) is 3.05. The summed E-state index contributed by atoms with van der Waals surface area (Å²) < 4.78 is 5.19. The number of carbonyl (C=O) groups is 2. The number of furan rings is 1. The van der Waals surface area contributed by atoms with Crippen LogP contribution in [-0.4, -0.2) is 34.4 Å². The van der Waals surface area contributed by atoms with Gasteiger partial charge in [0.1, 0.15) is 11.9 Å². The molecule has 3 rings (SSSR count). The lowest BCUT2D eigenvalue weighted by Crippen LogP contribution is -2.43. The molecular formula is C18H19ClN2O4. The molecule has 2 N–H and O–H groups in total. The number of benzene rings is 1. The van der Waals surface area contributed by atoms with Gasteiger partial charge in [-0.3, -0.25) is 9.59 Å². The Morgan fingerprint density at radius 2 is 2.08 bits per heavy atom. The molecular weight excluding hydrogens is 344 g/mol. The molecule has 1 aliphatic heterocycles. The van der Waals surface area contributed by atoms with E-state index in [9.17, 15) is 14.7 Å². The van der Waals surface area contributed by atoms with Crippen LogP contribution in [0, 0.1) is 0 Å². The van der Waals surface area contributed by atoms with Gasteiger partial charge in [-0.05, 0) is 49.2 Å². The lowest BCUT2D eigenvalue weighted by Gasteiger charge is -2.25. The SMILES string of the molecule is O=C(Nc1ccc(Cl)cc1)C(=O)N1CCCC1CC(O)c1ccco1. The molecule has 25 heavy (non-hydrogen) atoms. The minimum Gasteiger partial charge on any atom is -0.467 e. The second-order valence-corrected chi connectivity index (χ2v) is 6.46. The monoisotopic (exact) mass is 362 g/mol. The number of aliphatic hydroxyl groups excluding tert-OH is 1. The highest BCUT2D eigenvalue weighted by Crippen LogP contribution is 2.28. The Morgan fingerprint density at radius 1 is 1.32 bits per heavy atom. The molecule has 1 aromatic heterocycles. The maximum absolute atomic E-state index is 12.5. The number of anilines is 1. The van der Waals surface area contributed by atoms with Crippen molar-refractivity contribution in [1.82, 2.24) is 4.90 Å². The molecule has 1 saturated heterocycles. The number of nitrogens with zero attached hydrogens (tertiary/aromatic N) is 1. The zero-order valence-corrected chi connectivity index (χ0v) is 14.3. The third-order valence-corrected chi connectivity index (χ3v) is 4.55. The molecule has 7 heteroatoms. The largest absolute Gasteiger partial charge is 0.467 e. The molecule has 2 unspecified atom stereocenters. The maximum atomic E-state index is 12.5. The summed E-state index contributed by atoms with van der Waals surface area (Å²) in [4.78, 5) is 26.2. The van der Waals surface area contributed by atoms with Crippen LogP contribution in [0.3, 0.4) is 0 Å². The molecule has 1 fully saturated rings. The summed E-state index contributed by atoms with van der Waals surface area (Å²) in [5, 5.41) is 13.4. The van der Waals surface area contributed by atoms with Gasteiger partial charge in [-0.15, -0.1) is 0 Å². The Hall–Kier alpha value is -2.31. The molecule has 0 radical (unpaired) electrons. The zero-order valence-electron chi connectivity index (χ0n) is 13.5. The first-order chi connectivity index (χ1) is 12.0. The summed E-state index contributed by atoms with van der Waals surface area (Å²) in [5.74, 6) is -0.823. The van der Waals surface area contributed by atoms with E-state index < -0.39 is 17.9 Å². The van der Waals surface area contributed by atoms with Crippen LogP contribution in [0.5, 0.6) is 0 Å². The number of halogens is 1. The molecule has 0 bridgehead atoms. The van der Waals surface area contributed by atoms with E-state index in [1.165, 1.54) is 11.2 Å². The van der Waals surface area contributed by atoms with Gasteiger partial charge in [0, 0.05) is 29.7 Å². The average Bonchev–Trinajstić information content (AvgIpc) is 3.27. The molecule has 6 nitrogen and oxygen atoms in total. The lowest BCUT2D eigenvalue weighted by atomic mass is 10.1. The average molecular weight is 363 g/mol. The first kappa shape index (κ1) is 17.5. The first-order valence-corrected chi connectivity index (χ1v) is 8.51. The molecule has 0 saturated carbocycles. The zero-order chi connectivity index (χ0) is 17.8. The standard InChI is InChI=1S/C18H19ClN2O4/c19-12-5-7-13(8-6-12)20-17(23)18(24)21-9-1-3-14(21)11-15(22)16-4-2-10-25-16/h2,4-8,10,14-15,22H,1,3,9,11H2,(H,20,23). The highest BCUT2D eigenvalue weighted by atomic mass is 35.5. The van der Waals surface area contributed by atoms with Gasteiger partial charge in [0.25, 0.3) is 0 Å². The van der Waals surface area contributed by atoms with Crippen LogP contribution in [0.15, 0.2) is 47.1 Å². The number of aliphatic hydroxyl groups is 1. The summed E-state index contributed by atoms with van der Waals surface area (Å²) in [7, 11) is 0. The fraction of sp³-hybridized carbons (Fsp3) is 0.333. The quantitative estimate of drug-likeness (QED) is 0.819. The fourth-order valence-corrected chi connectivity index (χ4v) is 3.18. The smallest absolute Gasteiger partial charge is 0.313 e. The number of nitrogens with one attached hydrogen (secondary N) is 1. The minimum atomic E-state index is -0.798. The Kier molecular flexibility index (Phi) is 5.40. The van der Waals surface area contributed by atoms with E-state index in [2.05, 4.69) is 5.32 Å². The third-order valence-electron chi connectivity index (χ3n) is 4.30. The predicted octanol–water partition coefficient (Wildman–Crippen LogP) is 2.99. The van der Waals surface area contributed by atoms with Crippen LogP contribution in [0.25, 0.3) is 0 Å². The summed E-state index contributed by atoms with van der Waals surface area (Å²) in [6.45, 7) is 0.502. The highest BCUT2D eigenvalue weighted by molar-refractivity contribution is 6.39. The summed E-state index contributed by atoms with van der Waals surface area (Å²) in [6, 6.07) is 9.75. The molecule has 1 aromatic carbocycles. The van der Waals surface area contributed by atoms with Gasteiger partial charge < -0.3 is 19.7 Å². The normalized spacial score (nSPS) is 18.2. The third kappa shape index (κ3) is 4.21. The summed E-state index contributed by atoms with van der Waals surface area (Å²) in [5.41, 5.74) is 0.508. The molecule has 0 aliphatic carbocycles. The van der Waals surface area contributed by atoms with Crippen molar-refractivity contribution in [2.45, 2.75) is 31.4 Å². The predicted molar refractivity (Wildman–Crippen MR) is 93.1 cm³/mol. The molecule has 2 atom stereocenters. The number of hydrogen-bond donors (Lipinski definition) is 2. The van der Waals surface area contributed by atoms with Crippen molar-refractivity contribution < 1.29 is 19.1 Å². The maximum Gasteiger partial charge on any atom is 0.313 e. The molecule has 132 valence electrons. The van der Waals surface area contributed by atoms with Crippen molar-refractivity contribution in [1.29, 1.82) is 0 Å². The molecule has 2 heterocycles. The second kappa shape index (κ2) is 7.72. The van der Waals surface area contributed by atoms with Crippen LogP contribution >= 0.6 is 11.6 Å². The van der Waals surface area contributed by atoms with E-state index in [-0.39, 0.29) is 6.04 Å². The van der Waals surface area contributed by atoms with Crippen molar-refractivity contribution >= 4 is 29.1 Å². The van der Waals surface area contributed by atoms with Crippen LogP contribution < -0.4 is 5.32 Å². The van der Waals surface area contributed by atoms with Crippen LogP contribution in [0.1, 0.15) is 31.1 Å². The molecule has 1 aliphatic rings. The molecule has 0 spiro atoms. The Morgan fingerprint density at radius 3 is 2.76 bits per heavy atom. The topological polar surface area (TPSA) is 82.8 Å². The number of hydrogen-bond acceptors (Lipinski definition) is 4. The van der Waals surface area contributed by atoms with Crippen molar-refractivity contribution in [2.75, 3.05) is 11.9 Å². The van der Waals surface area contributed by atoms with E-state index in [0.29, 0.717) is 29.4 Å². The van der Waals surface area contributed by atoms with Crippen LogP contribution in [-0.2, 0) is 9.59 Å². The van der Waals surface area contributed by atoms with E-state index in [1.54, 1.807) is 36.4 Å². The number of likely N-dealkylation sites (tertiary alicyclic amines) is 1. The minimum absolute atomic E-state index is 0.191. The Labute approximate surface area is 150 Å². The van der Waals surface area contributed by atoms with Crippen molar-refractivity contribution in [2.24, 2.45) is 0 Å². The van der Waals surface area contributed by atoms with Gasteiger partial charge in [-0.2, -0.15) is 0 Å². The lowest BCUT2D eigenvalue weighted by molar-refractivity contribution is -0.144. The van der Waals surface area contributed by atoms with E-state index in [4.69, 9.17) is 16.0 Å². The first-order valence-electron chi connectivity index (χ1n) is 8.13. The van der Waals surface area contributed by atoms with Gasteiger partial charge in [0.2, 0.25) is 0 Å². The number of carbonyl (C=O) groups excluding carboxylic acids is 2. The van der Waals surface area contributed by atoms with E-state index >= 15 is 0 Å². The summed E-state index contributed by atoms with van der Waals surface area (Å²) in [6.07, 6.45) is 2.59. The Bertz CT molecular complexity index is 730.